The third kappa shape index (κ3) is 3.18. The predicted octanol–water partition coefficient (Wildman–Crippen LogP) is 4.13. The van der Waals surface area contributed by atoms with E-state index >= 15 is 0 Å². The Labute approximate surface area is 138 Å². The van der Waals surface area contributed by atoms with Crippen LogP contribution in [0.25, 0.3) is 12.2 Å². The van der Waals surface area contributed by atoms with Gasteiger partial charge in [-0.3, -0.25) is 0 Å². The fourth-order valence-electron chi connectivity index (χ4n) is 2.25. The molecule has 3 rings (SSSR count). The van der Waals surface area contributed by atoms with Crippen molar-refractivity contribution in [2.75, 3.05) is 5.73 Å². The summed E-state index contributed by atoms with van der Waals surface area (Å²) in [5, 5.41) is 11.1. The zero-order valence-electron chi connectivity index (χ0n) is 11.5. The summed E-state index contributed by atoms with van der Waals surface area (Å²) in [6.07, 6.45) is 7.47. The maximum absolute atomic E-state index is 9.97. The number of nitrogens with zero attached hydrogens (tertiary/aromatic N) is 2. The Morgan fingerprint density at radius 3 is 2.64 bits per heavy atom. The van der Waals surface area contributed by atoms with Crippen molar-refractivity contribution in [1.82, 2.24) is 9.88 Å². The van der Waals surface area contributed by atoms with Crippen molar-refractivity contribution < 1.29 is 5.11 Å². The van der Waals surface area contributed by atoms with Crippen molar-refractivity contribution >= 4 is 41.2 Å². The van der Waals surface area contributed by atoms with Crippen molar-refractivity contribution in [1.29, 1.82) is 0 Å². The summed E-state index contributed by atoms with van der Waals surface area (Å²) in [6, 6.07) is 6.79. The molecule has 0 radical (unpaired) electrons. The summed E-state index contributed by atoms with van der Waals surface area (Å²) in [5.74, 6) is 0.453. The summed E-state index contributed by atoms with van der Waals surface area (Å²) in [6.45, 7) is 0.510. The lowest BCUT2D eigenvalue weighted by Crippen LogP contribution is -2.15. The minimum atomic E-state index is 0.149. The van der Waals surface area contributed by atoms with Crippen LogP contribution in [0.4, 0.5) is 5.82 Å². The molecule has 2 heterocycles. The first kappa shape index (κ1) is 14.8. The van der Waals surface area contributed by atoms with Crippen LogP contribution < -0.4 is 5.73 Å². The Kier molecular flexibility index (Phi) is 3.96. The number of rotatable bonds is 2. The van der Waals surface area contributed by atoms with Crippen molar-refractivity contribution in [3.8, 4) is 5.75 Å². The van der Waals surface area contributed by atoms with Gasteiger partial charge < -0.3 is 15.7 Å². The van der Waals surface area contributed by atoms with E-state index in [-0.39, 0.29) is 5.75 Å². The van der Waals surface area contributed by atoms with E-state index in [9.17, 15) is 5.11 Å². The molecule has 0 unspecified atom stereocenters. The van der Waals surface area contributed by atoms with E-state index in [0.717, 1.165) is 11.1 Å². The normalized spacial score (nSPS) is 13.6. The zero-order valence-corrected chi connectivity index (χ0v) is 13.0. The van der Waals surface area contributed by atoms with Gasteiger partial charge in [-0.25, -0.2) is 4.98 Å². The number of halogens is 2. The smallest absolute Gasteiger partial charge is 0.127 e. The van der Waals surface area contributed by atoms with Crippen molar-refractivity contribution in [3.63, 3.8) is 0 Å². The number of anilines is 1. The number of hydrogen-bond acceptors (Lipinski definition) is 4. The molecule has 0 spiro atoms. The van der Waals surface area contributed by atoms with E-state index in [4.69, 9.17) is 28.9 Å². The van der Waals surface area contributed by atoms with Crippen LogP contribution in [0.15, 0.2) is 36.7 Å². The number of nitrogens with two attached hydrogens (primary N) is 1. The summed E-state index contributed by atoms with van der Waals surface area (Å²) >= 11 is 12.0. The topological polar surface area (TPSA) is 62.4 Å². The molecule has 0 bridgehead atoms. The Hall–Kier alpha value is -2.17. The van der Waals surface area contributed by atoms with Crippen molar-refractivity contribution in [2.45, 2.75) is 6.54 Å². The van der Waals surface area contributed by atoms with Gasteiger partial charge in [0.2, 0.25) is 0 Å². The fourth-order valence-corrected chi connectivity index (χ4v) is 2.80. The van der Waals surface area contributed by atoms with E-state index in [1.54, 1.807) is 6.07 Å². The average molecular weight is 334 g/mol. The lowest BCUT2D eigenvalue weighted by molar-refractivity contribution is 0.438. The van der Waals surface area contributed by atoms with Gasteiger partial charge in [0.25, 0.3) is 0 Å². The molecule has 0 amide bonds. The van der Waals surface area contributed by atoms with E-state index in [0.29, 0.717) is 28.1 Å². The largest absolute Gasteiger partial charge is 0.507 e. The second-order valence-electron chi connectivity index (χ2n) is 4.94. The highest BCUT2D eigenvalue weighted by Gasteiger charge is 2.15. The van der Waals surface area contributed by atoms with Crippen molar-refractivity contribution in [2.24, 2.45) is 0 Å². The third-order valence-electron chi connectivity index (χ3n) is 3.26. The standard InChI is InChI=1S/C16H13Cl2N3O/c17-11-5-10(6-12(18)7-11)1-3-21-4-2-14-13(9-21)15(22)8-16(19)20-14/h1-8H,9H2,(H3,19,20,22). The second kappa shape index (κ2) is 5.91. The van der Waals surface area contributed by atoms with Gasteiger partial charge >= 0.3 is 0 Å². The lowest BCUT2D eigenvalue weighted by Gasteiger charge is -2.22. The first-order valence-corrected chi connectivity index (χ1v) is 7.33. The lowest BCUT2D eigenvalue weighted by atomic mass is 10.1. The molecule has 0 aliphatic carbocycles. The number of aromatic nitrogens is 1. The van der Waals surface area contributed by atoms with Gasteiger partial charge in [0, 0.05) is 34.1 Å². The first-order valence-electron chi connectivity index (χ1n) is 6.58. The molecular weight excluding hydrogens is 321 g/mol. The van der Waals surface area contributed by atoms with Gasteiger partial charge in [-0.15, -0.1) is 0 Å². The quantitative estimate of drug-likeness (QED) is 0.867. The minimum Gasteiger partial charge on any atom is -0.507 e. The molecule has 0 fully saturated rings. The Bertz CT molecular complexity index is 767. The molecule has 4 nitrogen and oxygen atoms in total. The Morgan fingerprint density at radius 1 is 1.18 bits per heavy atom. The van der Waals surface area contributed by atoms with Crippen LogP contribution in [0.1, 0.15) is 16.8 Å². The van der Waals surface area contributed by atoms with E-state index in [2.05, 4.69) is 4.98 Å². The number of fused-ring (bicyclic) bond motifs is 1. The molecule has 22 heavy (non-hydrogen) atoms. The molecule has 1 aliphatic rings. The highest BCUT2D eigenvalue weighted by atomic mass is 35.5. The molecule has 3 N–H and O–H groups in total. The van der Waals surface area contributed by atoms with Crippen LogP contribution >= 0.6 is 23.2 Å². The summed E-state index contributed by atoms with van der Waals surface area (Å²) in [7, 11) is 0. The van der Waals surface area contributed by atoms with Gasteiger partial charge in [0.15, 0.2) is 0 Å². The molecule has 1 aliphatic heterocycles. The number of pyridine rings is 1. The molecular formula is C16H13Cl2N3O. The molecule has 1 aromatic heterocycles. The third-order valence-corrected chi connectivity index (χ3v) is 3.70. The van der Waals surface area contributed by atoms with Crippen LogP contribution in [0.3, 0.4) is 0 Å². The summed E-state index contributed by atoms with van der Waals surface area (Å²) in [4.78, 5) is 6.12. The van der Waals surface area contributed by atoms with Crippen LogP contribution in [0, 0.1) is 0 Å². The molecule has 6 heteroatoms. The van der Waals surface area contributed by atoms with Crippen LogP contribution in [0.2, 0.25) is 10.0 Å². The molecule has 2 aromatic rings. The van der Waals surface area contributed by atoms with E-state index < -0.39 is 0 Å². The van der Waals surface area contributed by atoms with E-state index in [1.807, 2.05) is 41.6 Å². The highest BCUT2D eigenvalue weighted by Crippen LogP contribution is 2.28. The van der Waals surface area contributed by atoms with Crippen LogP contribution in [-0.2, 0) is 6.54 Å². The maximum Gasteiger partial charge on any atom is 0.127 e. The summed E-state index contributed by atoms with van der Waals surface area (Å²) in [5.41, 5.74) is 7.95. The van der Waals surface area contributed by atoms with Crippen LogP contribution in [0.5, 0.6) is 5.75 Å². The number of benzene rings is 1. The minimum absolute atomic E-state index is 0.149. The number of aromatic hydroxyl groups is 1. The summed E-state index contributed by atoms with van der Waals surface area (Å²) < 4.78 is 0. The number of hydrogen-bond donors (Lipinski definition) is 2. The van der Waals surface area contributed by atoms with Gasteiger partial charge in [0.05, 0.1) is 12.2 Å². The Morgan fingerprint density at radius 2 is 1.91 bits per heavy atom. The van der Waals surface area contributed by atoms with Gasteiger partial charge in [-0.1, -0.05) is 23.2 Å². The van der Waals surface area contributed by atoms with Gasteiger partial charge in [-0.05, 0) is 35.9 Å². The average Bonchev–Trinajstić information content (AvgIpc) is 2.44. The first-order chi connectivity index (χ1) is 10.5. The number of nitrogen functional groups attached to an aromatic ring is 1. The predicted molar refractivity (Wildman–Crippen MR) is 90.4 cm³/mol. The fraction of sp³-hybridized carbons (Fsp3) is 0.0625. The monoisotopic (exact) mass is 333 g/mol. The molecule has 0 atom stereocenters. The maximum atomic E-state index is 9.97. The van der Waals surface area contributed by atoms with Gasteiger partial charge in [0.1, 0.15) is 11.6 Å². The van der Waals surface area contributed by atoms with Crippen LogP contribution in [-0.4, -0.2) is 15.0 Å². The van der Waals surface area contributed by atoms with E-state index in [1.165, 1.54) is 6.07 Å². The SMILES string of the molecule is Nc1cc(O)c2c(n1)C=CN(C=Cc1cc(Cl)cc(Cl)c1)C2. The molecule has 0 saturated carbocycles. The Balaban J connectivity index is 1.82. The molecule has 112 valence electrons. The van der Waals surface area contributed by atoms with Crippen molar-refractivity contribution in [3.05, 3.63) is 63.5 Å². The second-order valence-corrected chi connectivity index (χ2v) is 5.81. The molecule has 1 aromatic carbocycles. The zero-order chi connectivity index (χ0) is 15.7. The van der Waals surface area contributed by atoms with Gasteiger partial charge in [-0.2, -0.15) is 0 Å². The highest BCUT2D eigenvalue weighted by molar-refractivity contribution is 6.34. The molecule has 0 saturated heterocycles.